The van der Waals surface area contributed by atoms with Crippen molar-refractivity contribution in [1.82, 2.24) is 15.3 Å². The van der Waals surface area contributed by atoms with Crippen molar-refractivity contribution in [3.63, 3.8) is 0 Å². The van der Waals surface area contributed by atoms with Gasteiger partial charge >= 0.3 is 0 Å². The number of nitrogens with zero attached hydrogens (tertiary/aromatic N) is 2. The van der Waals surface area contributed by atoms with Gasteiger partial charge in [0, 0.05) is 24.3 Å². The molecule has 100 valence electrons. The van der Waals surface area contributed by atoms with Crippen LogP contribution in [0.3, 0.4) is 0 Å². The molecule has 0 bridgehead atoms. The fraction of sp³-hybridized carbons (Fsp3) is 0.176. The maximum absolute atomic E-state index is 4.64. The second kappa shape index (κ2) is 6.26. The molecule has 0 aliphatic rings. The van der Waals surface area contributed by atoms with Crippen LogP contribution in [0.15, 0.2) is 60.9 Å². The second-order valence-electron chi connectivity index (χ2n) is 4.78. The van der Waals surface area contributed by atoms with Crippen molar-refractivity contribution >= 4 is 10.9 Å². The van der Waals surface area contributed by atoms with Crippen LogP contribution in [0.5, 0.6) is 0 Å². The zero-order valence-corrected chi connectivity index (χ0v) is 11.3. The van der Waals surface area contributed by atoms with Gasteiger partial charge < -0.3 is 5.32 Å². The Balaban J connectivity index is 1.55. The predicted octanol–water partition coefficient (Wildman–Crippen LogP) is 2.96. The van der Waals surface area contributed by atoms with E-state index in [9.17, 15) is 0 Å². The van der Waals surface area contributed by atoms with Crippen molar-refractivity contribution in [2.75, 3.05) is 6.54 Å². The summed E-state index contributed by atoms with van der Waals surface area (Å²) in [5.41, 5.74) is 3.39. The molecule has 0 fully saturated rings. The van der Waals surface area contributed by atoms with Gasteiger partial charge in [0.05, 0.1) is 11.2 Å². The van der Waals surface area contributed by atoms with E-state index in [1.807, 2.05) is 24.4 Å². The average Bonchev–Trinajstić information content (AvgIpc) is 2.52. The third-order valence-electron chi connectivity index (χ3n) is 3.28. The first-order valence-electron chi connectivity index (χ1n) is 6.86. The van der Waals surface area contributed by atoms with Gasteiger partial charge in [0.1, 0.15) is 0 Å². The van der Waals surface area contributed by atoms with Gasteiger partial charge in [-0.25, -0.2) is 0 Å². The summed E-state index contributed by atoms with van der Waals surface area (Å²) in [5.74, 6) is 0. The van der Waals surface area contributed by atoms with Crippen LogP contribution in [-0.2, 0) is 13.0 Å². The minimum Gasteiger partial charge on any atom is -0.311 e. The Hall–Kier alpha value is -2.26. The first kappa shape index (κ1) is 12.8. The van der Waals surface area contributed by atoms with Gasteiger partial charge in [0.25, 0.3) is 0 Å². The lowest BCUT2D eigenvalue weighted by atomic mass is 10.2. The molecule has 0 aliphatic heterocycles. The van der Waals surface area contributed by atoms with Crippen molar-refractivity contribution in [3.05, 3.63) is 72.2 Å². The first-order valence-corrected chi connectivity index (χ1v) is 6.86. The number of rotatable bonds is 5. The molecule has 0 saturated heterocycles. The molecule has 0 atom stereocenters. The van der Waals surface area contributed by atoms with Gasteiger partial charge in [-0.1, -0.05) is 30.3 Å². The summed E-state index contributed by atoms with van der Waals surface area (Å²) in [6.45, 7) is 1.73. The highest BCUT2D eigenvalue weighted by molar-refractivity contribution is 5.78. The predicted molar refractivity (Wildman–Crippen MR) is 81.4 cm³/mol. The number of hydrogen-bond acceptors (Lipinski definition) is 3. The molecule has 0 aliphatic carbocycles. The lowest BCUT2D eigenvalue weighted by molar-refractivity contribution is 0.676. The number of para-hydroxylation sites is 1. The Labute approximate surface area is 118 Å². The highest BCUT2D eigenvalue weighted by atomic mass is 14.9. The third-order valence-corrected chi connectivity index (χ3v) is 3.28. The second-order valence-corrected chi connectivity index (χ2v) is 4.78. The molecule has 3 aromatic rings. The van der Waals surface area contributed by atoms with Gasteiger partial charge in [0.15, 0.2) is 0 Å². The maximum atomic E-state index is 4.64. The Morgan fingerprint density at radius 3 is 2.80 bits per heavy atom. The van der Waals surface area contributed by atoms with E-state index in [-0.39, 0.29) is 0 Å². The molecule has 2 aromatic heterocycles. The summed E-state index contributed by atoms with van der Waals surface area (Å²) in [6, 6.07) is 16.5. The summed E-state index contributed by atoms with van der Waals surface area (Å²) in [5, 5.41) is 4.61. The molecule has 1 aromatic carbocycles. The van der Waals surface area contributed by atoms with E-state index in [1.165, 1.54) is 10.9 Å². The molecule has 0 saturated carbocycles. The maximum Gasteiger partial charge on any atom is 0.0705 e. The largest absolute Gasteiger partial charge is 0.311 e. The molecule has 1 N–H and O–H groups in total. The zero-order chi connectivity index (χ0) is 13.6. The van der Waals surface area contributed by atoms with Crippen LogP contribution in [0.1, 0.15) is 11.3 Å². The van der Waals surface area contributed by atoms with Crippen molar-refractivity contribution < 1.29 is 0 Å². The number of nitrogens with one attached hydrogen (secondary N) is 1. The molecule has 0 unspecified atom stereocenters. The number of fused-ring (bicyclic) bond motifs is 1. The molecule has 0 radical (unpaired) electrons. The Kier molecular flexibility index (Phi) is 3.99. The van der Waals surface area contributed by atoms with E-state index >= 15 is 0 Å². The van der Waals surface area contributed by atoms with E-state index < -0.39 is 0 Å². The Bertz CT molecular complexity index is 680. The summed E-state index contributed by atoms with van der Waals surface area (Å²) >= 11 is 0. The van der Waals surface area contributed by atoms with Gasteiger partial charge in [-0.2, -0.15) is 0 Å². The van der Waals surface area contributed by atoms with Crippen LogP contribution in [0.2, 0.25) is 0 Å². The van der Waals surface area contributed by atoms with Crippen LogP contribution in [0.4, 0.5) is 0 Å². The van der Waals surface area contributed by atoms with E-state index in [1.54, 1.807) is 6.20 Å². The fourth-order valence-electron chi connectivity index (χ4n) is 2.20. The number of aromatic nitrogens is 2. The SMILES string of the molecule is c1cncc(CCNCc2ccc3ccccc3n2)c1. The van der Waals surface area contributed by atoms with Crippen molar-refractivity contribution in [2.45, 2.75) is 13.0 Å². The molecule has 20 heavy (non-hydrogen) atoms. The molecule has 3 nitrogen and oxygen atoms in total. The van der Waals surface area contributed by atoms with Gasteiger partial charge in [-0.15, -0.1) is 0 Å². The fourth-order valence-corrected chi connectivity index (χ4v) is 2.20. The highest BCUT2D eigenvalue weighted by Gasteiger charge is 1.98. The minimum absolute atomic E-state index is 0.797. The van der Waals surface area contributed by atoms with Crippen LogP contribution in [0, 0.1) is 0 Å². The summed E-state index contributed by atoms with van der Waals surface area (Å²) in [6.07, 6.45) is 4.70. The lowest BCUT2D eigenvalue weighted by Gasteiger charge is -2.05. The number of benzene rings is 1. The van der Waals surface area contributed by atoms with Crippen LogP contribution in [-0.4, -0.2) is 16.5 Å². The zero-order valence-electron chi connectivity index (χ0n) is 11.3. The van der Waals surface area contributed by atoms with E-state index in [0.717, 1.165) is 30.7 Å². The molecule has 0 amide bonds. The van der Waals surface area contributed by atoms with E-state index in [0.29, 0.717) is 0 Å². The van der Waals surface area contributed by atoms with Crippen LogP contribution in [0.25, 0.3) is 10.9 Å². The molecular formula is C17H17N3. The van der Waals surface area contributed by atoms with Gasteiger partial charge in [-0.05, 0) is 36.7 Å². The normalized spacial score (nSPS) is 10.8. The van der Waals surface area contributed by atoms with Crippen LogP contribution < -0.4 is 5.32 Å². The quantitative estimate of drug-likeness (QED) is 0.719. The van der Waals surface area contributed by atoms with Crippen molar-refractivity contribution in [1.29, 1.82) is 0 Å². The summed E-state index contributed by atoms with van der Waals surface area (Å²) in [7, 11) is 0. The molecule has 0 spiro atoms. The minimum atomic E-state index is 0.797. The number of hydrogen-bond donors (Lipinski definition) is 1. The van der Waals surface area contributed by atoms with Gasteiger partial charge in [0.2, 0.25) is 0 Å². The summed E-state index contributed by atoms with van der Waals surface area (Å²) < 4.78 is 0. The molecule has 3 heteroatoms. The van der Waals surface area contributed by atoms with E-state index in [4.69, 9.17) is 0 Å². The smallest absolute Gasteiger partial charge is 0.0705 e. The van der Waals surface area contributed by atoms with E-state index in [2.05, 4.69) is 45.6 Å². The van der Waals surface area contributed by atoms with Gasteiger partial charge in [-0.3, -0.25) is 9.97 Å². The molecule has 2 heterocycles. The third kappa shape index (κ3) is 3.19. The first-order chi connectivity index (χ1) is 9.92. The molecular weight excluding hydrogens is 246 g/mol. The monoisotopic (exact) mass is 263 g/mol. The average molecular weight is 263 g/mol. The Morgan fingerprint density at radius 2 is 1.90 bits per heavy atom. The summed E-state index contributed by atoms with van der Waals surface area (Å²) in [4.78, 5) is 8.76. The van der Waals surface area contributed by atoms with Crippen LogP contribution >= 0.6 is 0 Å². The topological polar surface area (TPSA) is 37.8 Å². The van der Waals surface area contributed by atoms with Crippen molar-refractivity contribution in [2.24, 2.45) is 0 Å². The van der Waals surface area contributed by atoms with Crippen molar-refractivity contribution in [3.8, 4) is 0 Å². The number of pyridine rings is 2. The lowest BCUT2D eigenvalue weighted by Crippen LogP contribution is -2.17. The Morgan fingerprint density at radius 1 is 0.950 bits per heavy atom. The molecule has 3 rings (SSSR count). The highest BCUT2D eigenvalue weighted by Crippen LogP contribution is 2.11. The standard InChI is InChI=1S/C17H17N3/c1-2-6-17-15(5-1)7-8-16(20-17)13-19-11-9-14-4-3-10-18-12-14/h1-8,10,12,19H,9,11,13H2.